The van der Waals surface area contributed by atoms with Gasteiger partial charge in [-0.1, -0.05) is 11.6 Å². The van der Waals surface area contributed by atoms with Gasteiger partial charge in [0.1, 0.15) is 22.7 Å². The average molecular weight is 396 g/mol. The number of amides is 1. The van der Waals surface area contributed by atoms with E-state index in [0.717, 1.165) is 5.57 Å². The molecule has 0 saturated heterocycles. The Balaban J connectivity index is 1.83. The van der Waals surface area contributed by atoms with Gasteiger partial charge in [0.15, 0.2) is 0 Å². The fourth-order valence-corrected chi connectivity index (χ4v) is 4.61. The molecule has 0 aromatic heterocycles. The molecule has 6 nitrogen and oxygen atoms in total. The second-order valence-corrected chi connectivity index (χ2v) is 8.02. The number of halogens is 1. The molecule has 2 aliphatic heterocycles. The zero-order valence-corrected chi connectivity index (χ0v) is 16.9. The summed E-state index contributed by atoms with van der Waals surface area (Å²) in [5.41, 5.74) is 1.81. The van der Waals surface area contributed by atoms with Gasteiger partial charge in [-0.05, 0) is 31.2 Å². The number of hydrogen-bond acceptors (Lipinski definition) is 6. The van der Waals surface area contributed by atoms with Crippen LogP contribution in [0.1, 0.15) is 20.8 Å². The lowest BCUT2D eigenvalue weighted by atomic mass is 9.97. The fourth-order valence-electron chi connectivity index (χ4n) is 3.07. The van der Waals surface area contributed by atoms with Gasteiger partial charge in [0.2, 0.25) is 5.91 Å². The maximum atomic E-state index is 12.5. The van der Waals surface area contributed by atoms with Gasteiger partial charge < -0.3 is 20.1 Å². The van der Waals surface area contributed by atoms with Gasteiger partial charge in [-0.2, -0.15) is 0 Å². The minimum Gasteiger partial charge on any atom is -0.495 e. The third-order valence-corrected chi connectivity index (χ3v) is 6.25. The number of thioether (sulfide) groups is 1. The van der Waals surface area contributed by atoms with Gasteiger partial charge in [-0.25, -0.2) is 0 Å². The Hall–Kier alpha value is -1.86. The fraction of sp³-hybridized carbons (Fsp3) is 0.444. The molecule has 140 valence electrons. The normalized spacial score (nSPS) is 23.2. The number of allylic oxidation sites excluding steroid dienone is 1. The van der Waals surface area contributed by atoms with E-state index in [9.17, 15) is 4.79 Å². The standard InChI is InChI=1S/C18H22ClN3O3S/c1-8-10(3)26-18-15(8)17(23)21-16(22-18)9(2)20-12-7-13(24-4)11(19)6-14(12)25-5/h6-7,9,15,18,20H,1-5H3,(H,21,22,23)/t9-,15+,18-/m1/s1. The number of carbonyl (C=O) groups is 1. The van der Waals surface area contributed by atoms with E-state index < -0.39 is 0 Å². The summed E-state index contributed by atoms with van der Waals surface area (Å²) < 4.78 is 10.7. The van der Waals surface area contributed by atoms with Crippen molar-refractivity contribution in [2.75, 3.05) is 19.5 Å². The van der Waals surface area contributed by atoms with Crippen LogP contribution < -0.4 is 20.1 Å². The summed E-state index contributed by atoms with van der Waals surface area (Å²) >= 11 is 7.80. The first-order valence-electron chi connectivity index (χ1n) is 8.26. The van der Waals surface area contributed by atoms with E-state index in [1.54, 1.807) is 38.1 Å². The van der Waals surface area contributed by atoms with E-state index in [1.807, 2.05) is 20.8 Å². The molecule has 0 fully saturated rings. The first kappa shape index (κ1) is 18.9. The molecule has 8 heteroatoms. The molecule has 0 bridgehead atoms. The Morgan fingerprint density at radius 3 is 2.62 bits per heavy atom. The summed E-state index contributed by atoms with van der Waals surface area (Å²) in [6.07, 6.45) is 0. The first-order valence-corrected chi connectivity index (χ1v) is 9.52. The Labute approximate surface area is 162 Å². The van der Waals surface area contributed by atoms with Gasteiger partial charge in [-0.3, -0.25) is 9.79 Å². The predicted octanol–water partition coefficient (Wildman–Crippen LogP) is 3.67. The summed E-state index contributed by atoms with van der Waals surface area (Å²) in [5.74, 6) is 1.56. The summed E-state index contributed by atoms with van der Waals surface area (Å²) in [5, 5.41) is 6.64. The molecule has 1 aromatic rings. The Morgan fingerprint density at radius 1 is 1.27 bits per heavy atom. The van der Waals surface area contributed by atoms with Gasteiger partial charge >= 0.3 is 0 Å². The zero-order valence-electron chi connectivity index (χ0n) is 15.3. The van der Waals surface area contributed by atoms with Crippen molar-refractivity contribution in [3.05, 3.63) is 27.6 Å². The number of nitrogens with one attached hydrogen (secondary N) is 2. The number of fused-ring (bicyclic) bond motifs is 1. The smallest absolute Gasteiger partial charge is 0.235 e. The molecule has 0 radical (unpaired) electrons. The van der Waals surface area contributed by atoms with Crippen molar-refractivity contribution >= 4 is 40.8 Å². The number of nitrogens with zero attached hydrogens (tertiary/aromatic N) is 1. The van der Waals surface area contributed by atoms with E-state index in [0.29, 0.717) is 28.0 Å². The molecule has 3 rings (SSSR count). The summed E-state index contributed by atoms with van der Waals surface area (Å²) in [6.45, 7) is 5.97. The largest absolute Gasteiger partial charge is 0.495 e. The van der Waals surface area contributed by atoms with Crippen LogP contribution in [0.5, 0.6) is 11.5 Å². The number of rotatable bonds is 5. The Kier molecular flexibility index (Phi) is 5.39. The van der Waals surface area contributed by atoms with Crippen LogP contribution in [0.15, 0.2) is 27.6 Å². The van der Waals surface area contributed by atoms with E-state index in [2.05, 4.69) is 10.6 Å². The van der Waals surface area contributed by atoms with Gasteiger partial charge in [0.25, 0.3) is 0 Å². The second-order valence-electron chi connectivity index (χ2n) is 6.28. The number of aliphatic imine (C=N–C) groups is 1. The van der Waals surface area contributed by atoms with Crippen molar-refractivity contribution in [3.63, 3.8) is 0 Å². The zero-order chi connectivity index (χ0) is 19.0. The molecule has 0 spiro atoms. The first-order chi connectivity index (χ1) is 12.3. The third kappa shape index (κ3) is 3.38. The summed E-state index contributed by atoms with van der Waals surface area (Å²) in [4.78, 5) is 18.5. The molecule has 0 unspecified atom stereocenters. The lowest BCUT2D eigenvalue weighted by Crippen LogP contribution is -2.49. The van der Waals surface area contributed by atoms with Crippen molar-refractivity contribution in [2.24, 2.45) is 10.9 Å². The highest BCUT2D eigenvalue weighted by molar-refractivity contribution is 8.04. The minimum atomic E-state index is -0.221. The molecule has 2 aliphatic rings. The van der Waals surface area contributed by atoms with Crippen molar-refractivity contribution in [3.8, 4) is 11.5 Å². The van der Waals surface area contributed by atoms with Crippen molar-refractivity contribution in [1.29, 1.82) is 0 Å². The number of hydrogen-bond donors (Lipinski definition) is 2. The average Bonchev–Trinajstić information content (AvgIpc) is 2.90. The highest BCUT2D eigenvalue weighted by Gasteiger charge is 2.41. The van der Waals surface area contributed by atoms with Crippen LogP contribution in [0.25, 0.3) is 0 Å². The van der Waals surface area contributed by atoms with Crippen molar-refractivity contribution in [2.45, 2.75) is 32.2 Å². The monoisotopic (exact) mass is 395 g/mol. The molecule has 0 saturated carbocycles. The molecule has 1 aromatic carbocycles. The van der Waals surface area contributed by atoms with Crippen LogP contribution >= 0.6 is 23.4 Å². The summed E-state index contributed by atoms with van der Waals surface area (Å²) in [7, 11) is 3.13. The molecular weight excluding hydrogens is 374 g/mol. The van der Waals surface area contributed by atoms with Crippen LogP contribution in [-0.2, 0) is 4.79 Å². The number of amidine groups is 1. The second kappa shape index (κ2) is 7.40. The van der Waals surface area contributed by atoms with Crippen LogP contribution in [0.2, 0.25) is 5.02 Å². The molecule has 2 N–H and O–H groups in total. The topological polar surface area (TPSA) is 72.0 Å². The minimum absolute atomic E-state index is 0.00356. The summed E-state index contributed by atoms with van der Waals surface area (Å²) in [6, 6.07) is 3.24. The lowest BCUT2D eigenvalue weighted by Gasteiger charge is -2.28. The number of carbonyl (C=O) groups excluding carboxylic acids is 1. The number of benzene rings is 1. The predicted molar refractivity (Wildman–Crippen MR) is 106 cm³/mol. The van der Waals surface area contributed by atoms with Gasteiger partial charge in [0, 0.05) is 12.1 Å². The van der Waals surface area contributed by atoms with Crippen molar-refractivity contribution < 1.29 is 14.3 Å². The molecule has 2 heterocycles. The molecule has 0 aliphatic carbocycles. The van der Waals surface area contributed by atoms with E-state index >= 15 is 0 Å². The molecular formula is C18H22ClN3O3S. The van der Waals surface area contributed by atoms with Crippen LogP contribution in [0, 0.1) is 5.92 Å². The Bertz CT molecular complexity index is 809. The quantitative estimate of drug-likeness (QED) is 0.795. The maximum absolute atomic E-state index is 12.5. The Morgan fingerprint density at radius 2 is 1.96 bits per heavy atom. The third-order valence-electron chi connectivity index (χ3n) is 4.66. The number of anilines is 1. The maximum Gasteiger partial charge on any atom is 0.235 e. The highest BCUT2D eigenvalue weighted by Crippen LogP contribution is 2.44. The highest BCUT2D eigenvalue weighted by atomic mass is 35.5. The van der Waals surface area contributed by atoms with Crippen LogP contribution in [0.4, 0.5) is 5.69 Å². The van der Waals surface area contributed by atoms with Crippen LogP contribution in [0.3, 0.4) is 0 Å². The lowest BCUT2D eigenvalue weighted by molar-refractivity contribution is -0.122. The molecule has 3 atom stereocenters. The number of methoxy groups -OCH3 is 2. The van der Waals surface area contributed by atoms with E-state index in [-0.39, 0.29) is 23.2 Å². The van der Waals surface area contributed by atoms with Crippen molar-refractivity contribution in [1.82, 2.24) is 5.32 Å². The SMILES string of the molecule is COc1cc(N[C@H](C)C2=N[C@@H]3SC(C)=C(C)[C@H]3C(=O)N2)c(OC)cc1Cl. The van der Waals surface area contributed by atoms with E-state index in [1.165, 1.54) is 4.91 Å². The molecule has 26 heavy (non-hydrogen) atoms. The number of ether oxygens (including phenoxy) is 2. The van der Waals surface area contributed by atoms with Crippen LogP contribution in [-0.4, -0.2) is 37.4 Å². The molecule has 1 amide bonds. The van der Waals surface area contributed by atoms with E-state index in [4.69, 9.17) is 26.1 Å². The van der Waals surface area contributed by atoms with Gasteiger partial charge in [0.05, 0.1) is 36.9 Å². The van der Waals surface area contributed by atoms with Gasteiger partial charge in [-0.15, -0.1) is 11.8 Å².